The minimum Gasteiger partial charge on any atom is -0.491 e. The molecule has 10 nitrogen and oxygen atoms in total. The molecule has 2 aliphatic heterocycles. The zero-order chi connectivity index (χ0) is 30.2. The summed E-state index contributed by atoms with van der Waals surface area (Å²) in [6.07, 6.45) is 4.24. The van der Waals surface area contributed by atoms with Crippen LogP contribution in [0.4, 0.5) is 21.6 Å². The molecule has 1 aromatic heterocycles. The normalized spacial score (nSPS) is 17.5. The van der Waals surface area contributed by atoms with E-state index in [4.69, 9.17) is 21.1 Å². The molecule has 2 fully saturated rings. The molecule has 3 heterocycles. The summed E-state index contributed by atoms with van der Waals surface area (Å²) in [6, 6.07) is 7.81. The molecule has 13 heteroatoms. The number of aromatic nitrogens is 2. The summed E-state index contributed by atoms with van der Waals surface area (Å²) in [5.74, 6) is 0.933. The number of halogens is 2. The lowest BCUT2D eigenvalue weighted by molar-refractivity contribution is -0.137. The van der Waals surface area contributed by atoms with E-state index in [1.165, 1.54) is 24.5 Å². The molecule has 0 aliphatic carbocycles. The summed E-state index contributed by atoms with van der Waals surface area (Å²) in [5, 5.41) is 6.58. The summed E-state index contributed by atoms with van der Waals surface area (Å²) < 4.78 is 24.8. The van der Waals surface area contributed by atoms with Gasteiger partial charge in [0.25, 0.3) is 0 Å². The summed E-state index contributed by atoms with van der Waals surface area (Å²) in [5.41, 5.74) is 1.62. The average molecular weight is 629 g/mol. The van der Waals surface area contributed by atoms with E-state index in [1.54, 1.807) is 30.0 Å². The second-order valence-electron chi connectivity index (χ2n) is 10.2. The second kappa shape index (κ2) is 14.8. The minimum atomic E-state index is -0.516. The monoisotopic (exact) mass is 628 g/mol. The van der Waals surface area contributed by atoms with E-state index in [2.05, 4.69) is 37.0 Å². The number of carbonyl (C=O) groups excluding carboxylic acids is 2. The van der Waals surface area contributed by atoms with Crippen LogP contribution in [-0.4, -0.2) is 95.1 Å². The van der Waals surface area contributed by atoms with Crippen molar-refractivity contribution in [1.82, 2.24) is 19.8 Å². The molecule has 1 amide bonds. The van der Waals surface area contributed by atoms with E-state index in [0.29, 0.717) is 47.1 Å². The van der Waals surface area contributed by atoms with Gasteiger partial charge in [0.15, 0.2) is 0 Å². The van der Waals surface area contributed by atoms with Crippen LogP contribution in [0.3, 0.4) is 0 Å². The smallest absolute Gasteiger partial charge is 0.319 e. The molecule has 1 unspecified atom stereocenters. The van der Waals surface area contributed by atoms with Crippen LogP contribution in [0.2, 0.25) is 5.02 Å². The Kier molecular flexibility index (Phi) is 10.7. The van der Waals surface area contributed by atoms with Crippen molar-refractivity contribution < 1.29 is 23.5 Å². The lowest BCUT2D eigenvalue weighted by atomic mass is 10.1. The number of anilines is 3. The molecule has 2 aliphatic rings. The maximum atomic E-state index is 13.6. The number of cyclic esters (lactones) is 1. The van der Waals surface area contributed by atoms with Gasteiger partial charge in [-0.3, -0.25) is 14.5 Å². The number of benzene rings is 2. The number of carbonyl (C=O) groups is 2. The second-order valence-corrected chi connectivity index (χ2v) is 12.0. The van der Waals surface area contributed by atoms with Gasteiger partial charge in [0, 0.05) is 68.6 Å². The fourth-order valence-electron chi connectivity index (χ4n) is 4.95. The zero-order valence-corrected chi connectivity index (χ0v) is 25.3. The average Bonchev–Trinajstić information content (AvgIpc) is 3.42. The first-order valence-electron chi connectivity index (χ1n) is 14.2. The number of fused-ring (bicyclic) bond motifs is 1. The van der Waals surface area contributed by atoms with Crippen molar-refractivity contribution in [3.63, 3.8) is 0 Å². The molecule has 0 bridgehead atoms. The molecule has 0 spiro atoms. The fraction of sp³-hybridized carbons (Fsp3) is 0.400. The van der Waals surface area contributed by atoms with Gasteiger partial charge < -0.3 is 25.0 Å². The highest BCUT2D eigenvalue weighted by molar-refractivity contribution is 8.00. The van der Waals surface area contributed by atoms with Crippen molar-refractivity contribution in [2.45, 2.75) is 18.1 Å². The van der Waals surface area contributed by atoms with E-state index in [9.17, 15) is 14.0 Å². The van der Waals surface area contributed by atoms with E-state index in [1.807, 2.05) is 0 Å². The van der Waals surface area contributed by atoms with Crippen LogP contribution in [0, 0.1) is 5.82 Å². The van der Waals surface area contributed by atoms with Gasteiger partial charge >= 0.3 is 5.97 Å². The molecule has 2 aromatic carbocycles. The topological polar surface area (TPSA) is 109 Å². The highest BCUT2D eigenvalue weighted by Gasteiger charge is 2.27. The van der Waals surface area contributed by atoms with E-state index in [0.717, 1.165) is 57.9 Å². The van der Waals surface area contributed by atoms with Gasteiger partial charge in [0.05, 0.1) is 29.4 Å². The van der Waals surface area contributed by atoms with Gasteiger partial charge in [-0.1, -0.05) is 18.2 Å². The van der Waals surface area contributed by atoms with Crippen molar-refractivity contribution in [2.75, 3.05) is 68.9 Å². The molecular formula is C30H34ClFN6O4S. The highest BCUT2D eigenvalue weighted by Crippen LogP contribution is 2.34. The standard InChI is InChI=1S/C30H34ClFN6O4S/c1-2-28(39)36-25-17-21-24(33-19-34-29(21)35-20-4-5-23(32)22(31)16-20)18-26(25)41-13-3-7-37-8-10-38(11-9-37)12-15-43-27-6-14-42-30(27)40/h2,4-5,16-19,27H,1,3,6-15H2,(H,36,39)(H,33,34,35). The summed E-state index contributed by atoms with van der Waals surface area (Å²) >= 11 is 7.64. The van der Waals surface area contributed by atoms with Crippen molar-refractivity contribution in [3.8, 4) is 5.75 Å². The van der Waals surface area contributed by atoms with Crippen LogP contribution in [-0.2, 0) is 14.3 Å². The maximum absolute atomic E-state index is 13.6. The molecule has 0 saturated carbocycles. The van der Waals surface area contributed by atoms with Crippen molar-refractivity contribution >= 4 is 63.3 Å². The van der Waals surface area contributed by atoms with Crippen LogP contribution in [0.15, 0.2) is 49.3 Å². The molecule has 0 radical (unpaired) electrons. The van der Waals surface area contributed by atoms with Gasteiger partial charge in [0.1, 0.15) is 29.0 Å². The molecule has 5 rings (SSSR count). The first-order chi connectivity index (χ1) is 20.9. The number of nitrogens with zero attached hydrogens (tertiary/aromatic N) is 4. The molecule has 228 valence electrons. The molecule has 2 saturated heterocycles. The Hall–Kier alpha value is -3.45. The Morgan fingerprint density at radius 1 is 1.19 bits per heavy atom. The molecular weight excluding hydrogens is 595 g/mol. The third-order valence-corrected chi connectivity index (χ3v) is 8.86. The number of ether oxygens (including phenoxy) is 2. The number of esters is 1. The Morgan fingerprint density at radius 2 is 1.98 bits per heavy atom. The van der Waals surface area contributed by atoms with Crippen LogP contribution >= 0.6 is 23.4 Å². The van der Waals surface area contributed by atoms with Crippen LogP contribution in [0.1, 0.15) is 12.8 Å². The molecule has 43 heavy (non-hydrogen) atoms. The number of amides is 1. The van der Waals surface area contributed by atoms with Gasteiger partial charge in [-0.15, -0.1) is 11.8 Å². The Bertz CT molecular complexity index is 1470. The minimum absolute atomic E-state index is 0.00158. The van der Waals surface area contributed by atoms with Crippen LogP contribution < -0.4 is 15.4 Å². The van der Waals surface area contributed by atoms with Gasteiger partial charge in [-0.25, -0.2) is 14.4 Å². The van der Waals surface area contributed by atoms with E-state index < -0.39 is 5.82 Å². The largest absolute Gasteiger partial charge is 0.491 e. The Balaban J connectivity index is 1.15. The van der Waals surface area contributed by atoms with E-state index in [-0.39, 0.29) is 22.1 Å². The van der Waals surface area contributed by atoms with Gasteiger partial charge in [-0.05, 0) is 36.8 Å². The lowest BCUT2D eigenvalue weighted by Crippen LogP contribution is -2.47. The van der Waals surface area contributed by atoms with Crippen molar-refractivity contribution in [1.29, 1.82) is 0 Å². The quantitative estimate of drug-likeness (QED) is 0.157. The first kappa shape index (κ1) is 31.0. The fourth-order valence-corrected chi connectivity index (χ4v) is 6.25. The third kappa shape index (κ3) is 8.35. The van der Waals surface area contributed by atoms with Gasteiger partial charge in [-0.2, -0.15) is 0 Å². The number of nitrogens with one attached hydrogen (secondary N) is 2. The predicted octanol–water partition coefficient (Wildman–Crippen LogP) is 4.73. The number of hydrogen-bond acceptors (Lipinski definition) is 10. The first-order valence-corrected chi connectivity index (χ1v) is 15.6. The maximum Gasteiger partial charge on any atom is 0.319 e. The Labute approximate surface area is 259 Å². The number of piperazine rings is 1. The van der Waals surface area contributed by atoms with Crippen LogP contribution in [0.25, 0.3) is 10.9 Å². The highest BCUT2D eigenvalue weighted by atomic mass is 35.5. The van der Waals surface area contributed by atoms with E-state index >= 15 is 0 Å². The predicted molar refractivity (Wildman–Crippen MR) is 168 cm³/mol. The summed E-state index contributed by atoms with van der Waals surface area (Å²) in [4.78, 5) is 37.4. The van der Waals surface area contributed by atoms with Crippen molar-refractivity contribution in [3.05, 3.63) is 60.2 Å². The van der Waals surface area contributed by atoms with Gasteiger partial charge in [0.2, 0.25) is 5.91 Å². The molecule has 1 atom stereocenters. The molecule has 2 N–H and O–H groups in total. The SMILES string of the molecule is C=CC(=O)Nc1cc2c(Nc3ccc(F)c(Cl)c3)ncnc2cc1OCCCN1CCN(CCSC2CCOC2=O)CC1. The Morgan fingerprint density at radius 3 is 2.70 bits per heavy atom. The molecule has 3 aromatic rings. The number of hydrogen-bond donors (Lipinski definition) is 2. The number of thioether (sulfide) groups is 1. The summed E-state index contributed by atoms with van der Waals surface area (Å²) in [6.45, 7) is 10.4. The summed E-state index contributed by atoms with van der Waals surface area (Å²) in [7, 11) is 0. The number of rotatable bonds is 13. The van der Waals surface area contributed by atoms with Crippen molar-refractivity contribution in [2.24, 2.45) is 0 Å². The third-order valence-electron chi connectivity index (χ3n) is 7.32. The lowest BCUT2D eigenvalue weighted by Gasteiger charge is -2.34. The zero-order valence-electron chi connectivity index (χ0n) is 23.7. The van der Waals surface area contributed by atoms with Crippen LogP contribution in [0.5, 0.6) is 5.75 Å².